The van der Waals surface area contributed by atoms with Gasteiger partial charge in [-0.05, 0) is 36.3 Å². The van der Waals surface area contributed by atoms with Crippen molar-refractivity contribution >= 4 is 11.8 Å². The van der Waals surface area contributed by atoms with Gasteiger partial charge in [0.2, 0.25) is 5.91 Å². The third kappa shape index (κ3) is 4.68. The number of amides is 2. The predicted octanol–water partition coefficient (Wildman–Crippen LogP) is 2.43. The lowest BCUT2D eigenvalue weighted by Crippen LogP contribution is -2.48. The molecule has 0 aromatic heterocycles. The Labute approximate surface area is 178 Å². The molecule has 3 heterocycles. The third-order valence-electron chi connectivity index (χ3n) is 6.21. The number of ether oxygens (including phenoxy) is 1. The van der Waals surface area contributed by atoms with Gasteiger partial charge in [-0.3, -0.25) is 9.59 Å². The van der Waals surface area contributed by atoms with Crippen molar-refractivity contribution in [3.63, 3.8) is 0 Å². The average Bonchev–Trinajstić information content (AvgIpc) is 3.42. The molecule has 0 spiro atoms. The summed E-state index contributed by atoms with van der Waals surface area (Å²) >= 11 is 0. The molecule has 0 radical (unpaired) electrons. The molecule has 0 bridgehead atoms. The molecule has 2 amide bonds. The van der Waals surface area contributed by atoms with E-state index in [2.05, 4.69) is 48.9 Å². The quantitative estimate of drug-likeness (QED) is 0.720. The van der Waals surface area contributed by atoms with Crippen LogP contribution in [0, 0.1) is 0 Å². The SMILES string of the molecule is CC(C)c1ccc(C2CC3C(=O)N(CCC(=O)NCC4CCCO4)C=CN3N2)cc1. The Morgan fingerprint density at radius 1 is 1.27 bits per heavy atom. The number of nitrogens with zero attached hydrogens (tertiary/aromatic N) is 2. The van der Waals surface area contributed by atoms with E-state index in [1.807, 2.05) is 11.2 Å². The van der Waals surface area contributed by atoms with Crippen molar-refractivity contribution in [1.82, 2.24) is 20.7 Å². The van der Waals surface area contributed by atoms with Crippen molar-refractivity contribution in [3.05, 3.63) is 47.8 Å². The van der Waals surface area contributed by atoms with Gasteiger partial charge < -0.3 is 20.0 Å². The molecule has 3 aliphatic rings. The Bertz CT molecular complexity index is 786. The second-order valence-corrected chi connectivity index (χ2v) is 8.68. The summed E-state index contributed by atoms with van der Waals surface area (Å²) in [6, 6.07) is 8.50. The minimum atomic E-state index is -0.236. The van der Waals surface area contributed by atoms with Crippen LogP contribution < -0.4 is 10.7 Å². The van der Waals surface area contributed by atoms with Crippen molar-refractivity contribution < 1.29 is 14.3 Å². The molecule has 2 N–H and O–H groups in total. The molecule has 2 fully saturated rings. The summed E-state index contributed by atoms with van der Waals surface area (Å²) in [5.41, 5.74) is 5.94. The number of fused-ring (bicyclic) bond motifs is 1. The summed E-state index contributed by atoms with van der Waals surface area (Å²) in [7, 11) is 0. The van der Waals surface area contributed by atoms with Crippen molar-refractivity contribution in [1.29, 1.82) is 0 Å². The lowest BCUT2D eigenvalue weighted by atomic mass is 9.97. The van der Waals surface area contributed by atoms with Gasteiger partial charge in [0.05, 0.1) is 12.1 Å². The van der Waals surface area contributed by atoms with Gasteiger partial charge in [0.25, 0.3) is 5.91 Å². The molecule has 3 aliphatic heterocycles. The first kappa shape index (κ1) is 20.9. The standard InChI is InChI=1S/C23H32N4O3/c1-16(2)17-5-7-18(8-6-17)20-14-21-23(29)26(11-12-27(21)25-20)10-9-22(28)24-15-19-4-3-13-30-19/h5-8,11-12,16,19-21,25H,3-4,9-10,13-15H2,1-2H3,(H,24,28). The molecule has 4 rings (SSSR count). The lowest BCUT2D eigenvalue weighted by molar-refractivity contribution is -0.134. The van der Waals surface area contributed by atoms with Crippen LogP contribution in [0.5, 0.6) is 0 Å². The molecule has 0 aliphatic carbocycles. The first-order chi connectivity index (χ1) is 14.5. The van der Waals surface area contributed by atoms with Gasteiger partial charge in [-0.15, -0.1) is 0 Å². The van der Waals surface area contributed by atoms with Crippen molar-refractivity contribution in [2.45, 2.75) is 63.6 Å². The number of hydrogen-bond donors (Lipinski definition) is 2. The van der Waals surface area contributed by atoms with Crippen LogP contribution in [0.2, 0.25) is 0 Å². The van der Waals surface area contributed by atoms with E-state index < -0.39 is 0 Å². The fourth-order valence-electron chi connectivity index (χ4n) is 4.30. The van der Waals surface area contributed by atoms with Crippen molar-refractivity contribution in [2.24, 2.45) is 0 Å². The van der Waals surface area contributed by atoms with Crippen molar-refractivity contribution in [2.75, 3.05) is 19.7 Å². The normalized spacial score (nSPS) is 25.8. The third-order valence-corrected chi connectivity index (χ3v) is 6.21. The number of carbonyl (C=O) groups is 2. The van der Waals surface area contributed by atoms with Crippen LogP contribution >= 0.6 is 0 Å². The van der Waals surface area contributed by atoms with Gasteiger partial charge in [0.1, 0.15) is 6.04 Å². The van der Waals surface area contributed by atoms with Crippen LogP contribution in [-0.2, 0) is 14.3 Å². The molecule has 30 heavy (non-hydrogen) atoms. The fraction of sp³-hybridized carbons (Fsp3) is 0.565. The smallest absolute Gasteiger partial charge is 0.250 e. The lowest BCUT2D eigenvalue weighted by Gasteiger charge is -2.31. The van der Waals surface area contributed by atoms with Gasteiger partial charge >= 0.3 is 0 Å². The highest BCUT2D eigenvalue weighted by molar-refractivity contribution is 5.85. The second-order valence-electron chi connectivity index (χ2n) is 8.68. The first-order valence-corrected chi connectivity index (χ1v) is 11.0. The van der Waals surface area contributed by atoms with E-state index in [1.54, 1.807) is 11.1 Å². The number of carbonyl (C=O) groups excluding carboxylic acids is 2. The Balaban J connectivity index is 1.28. The zero-order valence-corrected chi connectivity index (χ0v) is 17.8. The van der Waals surface area contributed by atoms with Gasteiger partial charge in [0.15, 0.2) is 0 Å². The molecule has 1 aromatic carbocycles. The minimum absolute atomic E-state index is 0.0400. The number of benzene rings is 1. The number of nitrogens with one attached hydrogen (secondary N) is 2. The van der Waals surface area contributed by atoms with Crippen molar-refractivity contribution in [3.8, 4) is 0 Å². The van der Waals surface area contributed by atoms with Crippen LogP contribution in [0.4, 0.5) is 0 Å². The number of hydrazine groups is 1. The Kier molecular flexibility index (Phi) is 6.39. The Morgan fingerprint density at radius 2 is 2.07 bits per heavy atom. The van der Waals surface area contributed by atoms with E-state index in [0.717, 1.165) is 19.4 Å². The van der Waals surface area contributed by atoms with E-state index in [9.17, 15) is 9.59 Å². The predicted molar refractivity (Wildman–Crippen MR) is 114 cm³/mol. The van der Waals surface area contributed by atoms with E-state index in [1.165, 1.54) is 11.1 Å². The average molecular weight is 413 g/mol. The minimum Gasteiger partial charge on any atom is -0.376 e. The summed E-state index contributed by atoms with van der Waals surface area (Å²) in [6.07, 6.45) is 6.87. The zero-order chi connectivity index (χ0) is 21.1. The van der Waals surface area contributed by atoms with E-state index in [-0.39, 0.29) is 30.0 Å². The molecular weight excluding hydrogens is 380 g/mol. The summed E-state index contributed by atoms with van der Waals surface area (Å²) in [6.45, 7) is 6.10. The van der Waals surface area contributed by atoms with Crippen LogP contribution in [-0.4, -0.2) is 53.6 Å². The van der Waals surface area contributed by atoms with Gasteiger partial charge in [-0.2, -0.15) is 0 Å². The largest absolute Gasteiger partial charge is 0.376 e. The van der Waals surface area contributed by atoms with Crippen LogP contribution in [0.25, 0.3) is 0 Å². The van der Waals surface area contributed by atoms with Gasteiger partial charge in [-0.1, -0.05) is 38.1 Å². The van der Waals surface area contributed by atoms with Gasteiger partial charge in [0, 0.05) is 38.5 Å². The second kappa shape index (κ2) is 9.18. The monoisotopic (exact) mass is 412 g/mol. The molecule has 3 atom stereocenters. The maximum absolute atomic E-state index is 12.9. The van der Waals surface area contributed by atoms with E-state index >= 15 is 0 Å². The summed E-state index contributed by atoms with van der Waals surface area (Å²) in [4.78, 5) is 26.8. The molecule has 162 valence electrons. The maximum Gasteiger partial charge on any atom is 0.250 e. The molecule has 1 aromatic rings. The number of rotatable bonds is 7. The first-order valence-electron chi connectivity index (χ1n) is 11.0. The highest BCUT2D eigenvalue weighted by Gasteiger charge is 2.39. The summed E-state index contributed by atoms with van der Waals surface area (Å²) < 4.78 is 5.52. The number of hydrogen-bond acceptors (Lipinski definition) is 5. The highest BCUT2D eigenvalue weighted by Crippen LogP contribution is 2.31. The Morgan fingerprint density at radius 3 is 2.77 bits per heavy atom. The van der Waals surface area contributed by atoms with Crippen LogP contribution in [0.3, 0.4) is 0 Å². The molecule has 3 unspecified atom stereocenters. The van der Waals surface area contributed by atoms with E-state index in [0.29, 0.717) is 31.8 Å². The van der Waals surface area contributed by atoms with Gasteiger partial charge in [-0.25, -0.2) is 5.43 Å². The molecule has 2 saturated heterocycles. The van der Waals surface area contributed by atoms with Crippen LogP contribution in [0.15, 0.2) is 36.7 Å². The molecule has 7 heteroatoms. The molecule has 7 nitrogen and oxygen atoms in total. The van der Waals surface area contributed by atoms with Crippen LogP contribution in [0.1, 0.15) is 62.6 Å². The maximum atomic E-state index is 12.9. The molecular formula is C23H32N4O3. The highest BCUT2D eigenvalue weighted by atomic mass is 16.5. The summed E-state index contributed by atoms with van der Waals surface area (Å²) in [5.74, 6) is 0.503. The summed E-state index contributed by atoms with van der Waals surface area (Å²) in [5, 5.41) is 4.82. The zero-order valence-electron chi connectivity index (χ0n) is 17.8. The topological polar surface area (TPSA) is 73.9 Å². The van der Waals surface area contributed by atoms with E-state index in [4.69, 9.17) is 4.74 Å². The Hall–Kier alpha value is -2.38. The fourth-order valence-corrected chi connectivity index (χ4v) is 4.30. The molecule has 0 saturated carbocycles.